The van der Waals surface area contributed by atoms with Gasteiger partial charge in [0.25, 0.3) is 0 Å². The number of aliphatic hydroxyl groups is 8. The summed E-state index contributed by atoms with van der Waals surface area (Å²) in [5.74, 6) is -0.238. The van der Waals surface area contributed by atoms with E-state index in [9.17, 15) is 45.6 Å². The van der Waals surface area contributed by atoms with Gasteiger partial charge >= 0.3 is 0 Å². The number of hydrogen-bond donors (Lipinski definition) is 9. The summed E-state index contributed by atoms with van der Waals surface area (Å²) in [4.78, 5) is 13.2. The van der Waals surface area contributed by atoms with Crippen LogP contribution in [0.15, 0.2) is 24.3 Å². The van der Waals surface area contributed by atoms with E-state index in [4.69, 9.17) is 18.9 Å². The molecule has 2 aliphatic heterocycles. The third-order valence-corrected chi connectivity index (χ3v) is 14.4. The maximum Gasteiger partial charge on any atom is 0.220 e. The van der Waals surface area contributed by atoms with Crippen molar-refractivity contribution in [1.29, 1.82) is 0 Å². The molecule has 2 fully saturated rings. The number of aliphatic hydroxyl groups excluding tert-OH is 8. The number of nitrogens with one attached hydrogen (secondary N) is 1. The number of unbranched alkanes of at least 4 members (excludes halogenated alkanes) is 31. The summed E-state index contributed by atoms with van der Waals surface area (Å²) in [6.45, 7) is 2.79. The average Bonchev–Trinajstić information content (AvgIpc) is 3.37. The van der Waals surface area contributed by atoms with Crippen molar-refractivity contribution in [3.05, 3.63) is 24.3 Å². The first-order valence-electron chi connectivity index (χ1n) is 29.1. The zero-order valence-electron chi connectivity index (χ0n) is 44.7. The van der Waals surface area contributed by atoms with Gasteiger partial charge in [-0.1, -0.05) is 212 Å². The predicted octanol–water partition coefficient (Wildman–Crippen LogP) is 9.28. The van der Waals surface area contributed by atoms with Crippen molar-refractivity contribution < 1.29 is 64.6 Å². The van der Waals surface area contributed by atoms with E-state index < -0.39 is 86.8 Å². The molecule has 1 amide bonds. The highest BCUT2D eigenvalue weighted by molar-refractivity contribution is 5.76. The van der Waals surface area contributed by atoms with Gasteiger partial charge in [0.1, 0.15) is 48.8 Å². The lowest BCUT2D eigenvalue weighted by molar-refractivity contribution is -0.359. The Morgan fingerprint density at radius 1 is 0.493 bits per heavy atom. The van der Waals surface area contributed by atoms with Crippen LogP contribution in [0, 0.1) is 0 Å². The van der Waals surface area contributed by atoms with E-state index in [0.29, 0.717) is 6.42 Å². The van der Waals surface area contributed by atoms with Crippen LogP contribution in [0.4, 0.5) is 0 Å². The Morgan fingerprint density at radius 2 is 0.887 bits per heavy atom. The summed E-state index contributed by atoms with van der Waals surface area (Å²) in [6, 6.07) is -0.911. The number of allylic oxidation sites excluding steroid dienone is 3. The summed E-state index contributed by atoms with van der Waals surface area (Å²) in [5.41, 5.74) is 0. The van der Waals surface area contributed by atoms with Crippen LogP contribution in [0.1, 0.15) is 239 Å². The molecule has 0 saturated carbocycles. The Bertz CT molecular complexity index is 1290. The van der Waals surface area contributed by atoms with Crippen LogP contribution in [0.2, 0.25) is 0 Å². The van der Waals surface area contributed by atoms with Crippen molar-refractivity contribution in [2.24, 2.45) is 0 Å². The zero-order chi connectivity index (χ0) is 51.7. The van der Waals surface area contributed by atoms with Gasteiger partial charge < -0.3 is 65.1 Å². The Labute approximate surface area is 430 Å². The molecule has 0 spiro atoms. The summed E-state index contributed by atoms with van der Waals surface area (Å²) in [5, 5.41) is 86.9. The fourth-order valence-corrected chi connectivity index (χ4v) is 9.64. The Hall–Kier alpha value is -1.53. The molecule has 12 atom stereocenters. The van der Waals surface area contributed by atoms with Crippen LogP contribution in [0.25, 0.3) is 0 Å². The number of hydrogen-bond acceptors (Lipinski definition) is 13. The lowest BCUT2D eigenvalue weighted by Crippen LogP contribution is -2.65. The van der Waals surface area contributed by atoms with Gasteiger partial charge in [0, 0.05) is 6.42 Å². The molecular weight excluding hydrogens is 907 g/mol. The van der Waals surface area contributed by atoms with Crippen LogP contribution >= 0.6 is 0 Å². The quantitative estimate of drug-likeness (QED) is 0.0205. The molecule has 0 aromatic rings. The third kappa shape index (κ3) is 30.0. The maximum atomic E-state index is 13.2. The Balaban J connectivity index is 1.72. The highest BCUT2D eigenvalue weighted by Gasteiger charge is 2.51. The highest BCUT2D eigenvalue weighted by atomic mass is 16.7. The molecule has 14 nitrogen and oxygen atoms in total. The summed E-state index contributed by atoms with van der Waals surface area (Å²) >= 11 is 0. The van der Waals surface area contributed by atoms with Crippen molar-refractivity contribution in [1.82, 2.24) is 5.32 Å². The molecule has 2 heterocycles. The van der Waals surface area contributed by atoms with Crippen molar-refractivity contribution in [2.45, 2.75) is 312 Å². The molecule has 14 heteroatoms. The Morgan fingerprint density at radius 3 is 1.34 bits per heavy atom. The molecule has 71 heavy (non-hydrogen) atoms. The monoisotopic (exact) mass is 1010 g/mol. The van der Waals surface area contributed by atoms with Crippen LogP contribution in [0.5, 0.6) is 0 Å². The molecule has 9 N–H and O–H groups in total. The second-order valence-corrected chi connectivity index (χ2v) is 20.8. The van der Waals surface area contributed by atoms with Gasteiger partial charge in [-0.3, -0.25) is 4.79 Å². The second kappa shape index (κ2) is 43.7. The van der Waals surface area contributed by atoms with Gasteiger partial charge in [0.05, 0.1) is 32.0 Å². The topological polar surface area (TPSA) is 228 Å². The standard InChI is InChI=1S/C57H107NO13/c1-3-5-7-9-11-13-15-17-18-19-20-21-22-23-24-25-26-27-28-29-31-33-35-37-39-41-49(62)58-45(46(61)40-38-36-34-32-30-16-14-12-10-8-6-4-2)44-68-56-54(67)52(65)55(48(43-60)70-56)71-57-53(66)51(64)50(63)47(42-59)69-57/h19-20,38,40,45-48,50-57,59-61,63-67H,3-18,21-37,39,41-44H2,1-2H3,(H,58,62)/b20-19-,40-38+. The fraction of sp³-hybridized carbons (Fsp3) is 0.912. The van der Waals surface area contributed by atoms with Crippen molar-refractivity contribution in [3.63, 3.8) is 0 Å². The molecule has 0 aromatic carbocycles. The molecule has 12 unspecified atom stereocenters. The molecule has 2 rings (SSSR count). The predicted molar refractivity (Wildman–Crippen MR) is 282 cm³/mol. The number of rotatable bonds is 46. The second-order valence-electron chi connectivity index (χ2n) is 20.8. The number of amides is 1. The van der Waals surface area contributed by atoms with Crippen LogP contribution < -0.4 is 5.32 Å². The van der Waals surface area contributed by atoms with E-state index in [-0.39, 0.29) is 18.9 Å². The molecule has 2 saturated heterocycles. The van der Waals surface area contributed by atoms with E-state index in [2.05, 4.69) is 31.3 Å². The van der Waals surface area contributed by atoms with Gasteiger partial charge in [0.2, 0.25) is 5.91 Å². The van der Waals surface area contributed by atoms with E-state index in [1.54, 1.807) is 6.08 Å². The van der Waals surface area contributed by atoms with Gasteiger partial charge in [-0.25, -0.2) is 0 Å². The summed E-state index contributed by atoms with van der Waals surface area (Å²) in [6.07, 6.45) is 33.7. The van der Waals surface area contributed by atoms with Gasteiger partial charge in [-0.05, 0) is 44.9 Å². The van der Waals surface area contributed by atoms with Crippen molar-refractivity contribution in [2.75, 3.05) is 19.8 Å². The summed E-state index contributed by atoms with van der Waals surface area (Å²) in [7, 11) is 0. The van der Waals surface area contributed by atoms with Gasteiger partial charge in [-0.2, -0.15) is 0 Å². The van der Waals surface area contributed by atoms with E-state index in [1.165, 1.54) is 173 Å². The first-order chi connectivity index (χ1) is 34.6. The largest absolute Gasteiger partial charge is 0.394 e. The Kier molecular flexibility index (Phi) is 40.4. The van der Waals surface area contributed by atoms with Gasteiger partial charge in [-0.15, -0.1) is 0 Å². The molecule has 0 bridgehead atoms. The maximum absolute atomic E-state index is 13.2. The number of carbonyl (C=O) groups excluding carboxylic acids is 1. The smallest absolute Gasteiger partial charge is 0.220 e. The molecular formula is C57H107NO13. The average molecular weight is 1010 g/mol. The number of carbonyl (C=O) groups is 1. The zero-order valence-corrected chi connectivity index (χ0v) is 44.7. The third-order valence-electron chi connectivity index (χ3n) is 14.4. The highest BCUT2D eigenvalue weighted by Crippen LogP contribution is 2.30. The fourth-order valence-electron chi connectivity index (χ4n) is 9.64. The van der Waals surface area contributed by atoms with Crippen LogP contribution in [-0.4, -0.2) is 140 Å². The normalized spacial score (nSPS) is 25.9. The molecule has 2 aliphatic rings. The van der Waals surface area contributed by atoms with Crippen molar-refractivity contribution >= 4 is 5.91 Å². The minimum absolute atomic E-state index is 0.238. The molecule has 0 aliphatic carbocycles. The van der Waals surface area contributed by atoms with E-state index >= 15 is 0 Å². The molecule has 0 radical (unpaired) electrons. The van der Waals surface area contributed by atoms with Crippen LogP contribution in [-0.2, 0) is 23.7 Å². The van der Waals surface area contributed by atoms with E-state index in [1.807, 2.05) is 6.08 Å². The van der Waals surface area contributed by atoms with Crippen molar-refractivity contribution in [3.8, 4) is 0 Å². The first-order valence-corrected chi connectivity index (χ1v) is 29.1. The lowest BCUT2D eigenvalue weighted by atomic mass is 9.97. The van der Waals surface area contributed by atoms with E-state index in [0.717, 1.165) is 38.5 Å². The molecule has 0 aromatic heterocycles. The minimum Gasteiger partial charge on any atom is -0.394 e. The minimum atomic E-state index is -1.79. The molecule has 418 valence electrons. The number of ether oxygens (including phenoxy) is 4. The van der Waals surface area contributed by atoms with Crippen LogP contribution in [0.3, 0.4) is 0 Å². The SMILES string of the molecule is CCCCCCCCCC/C=C\CCCCCCCCCCCCCCCC(=O)NC(COC1OC(CO)C(OC2OC(CO)C(O)C(O)C2O)C(O)C1O)C(O)/C=C/CCCCCCCCCCCC. The summed E-state index contributed by atoms with van der Waals surface area (Å²) < 4.78 is 22.7. The lowest BCUT2D eigenvalue weighted by Gasteiger charge is -2.46. The van der Waals surface area contributed by atoms with Gasteiger partial charge in [0.15, 0.2) is 12.6 Å². The first kappa shape index (κ1) is 65.6.